The summed E-state index contributed by atoms with van der Waals surface area (Å²) in [4.78, 5) is 30.5. The van der Waals surface area contributed by atoms with E-state index in [1.165, 1.54) is 13.2 Å². The van der Waals surface area contributed by atoms with E-state index in [0.717, 1.165) is 36.6 Å². The Morgan fingerprint density at radius 2 is 2.07 bits per heavy atom. The van der Waals surface area contributed by atoms with Crippen LogP contribution < -0.4 is 5.32 Å². The number of esters is 1. The molecule has 3 aliphatic rings. The van der Waals surface area contributed by atoms with Gasteiger partial charge in [-0.3, -0.25) is 9.78 Å². The number of benzene rings is 1. The summed E-state index contributed by atoms with van der Waals surface area (Å²) in [5.41, 5.74) is 3.03. The molecule has 5 rings (SSSR count). The van der Waals surface area contributed by atoms with Crippen molar-refractivity contribution in [1.82, 2.24) is 9.88 Å². The van der Waals surface area contributed by atoms with Crippen molar-refractivity contribution < 1.29 is 18.7 Å². The van der Waals surface area contributed by atoms with E-state index in [0.29, 0.717) is 11.3 Å². The van der Waals surface area contributed by atoms with Crippen molar-refractivity contribution in [2.75, 3.05) is 12.4 Å². The molecular weight excluding hydrogens is 361 g/mol. The molecule has 2 aromatic rings. The van der Waals surface area contributed by atoms with Crippen molar-refractivity contribution in [2.45, 2.75) is 38.3 Å². The minimum atomic E-state index is -0.409. The van der Waals surface area contributed by atoms with E-state index in [2.05, 4.69) is 10.3 Å². The third kappa shape index (κ3) is 3.21. The van der Waals surface area contributed by atoms with Crippen LogP contribution in [-0.2, 0) is 9.53 Å². The van der Waals surface area contributed by atoms with Crippen molar-refractivity contribution in [2.24, 2.45) is 5.92 Å². The lowest BCUT2D eigenvalue weighted by molar-refractivity contribution is -0.154. The van der Waals surface area contributed by atoms with Gasteiger partial charge in [-0.15, -0.1) is 0 Å². The van der Waals surface area contributed by atoms with Crippen molar-refractivity contribution in [1.29, 1.82) is 0 Å². The van der Waals surface area contributed by atoms with Gasteiger partial charge < -0.3 is 15.0 Å². The number of piperidine rings is 1. The molecule has 146 valence electrons. The van der Waals surface area contributed by atoms with Crippen LogP contribution in [0.4, 0.5) is 14.9 Å². The summed E-state index contributed by atoms with van der Waals surface area (Å²) in [6.45, 7) is 1.92. The number of fused-ring (bicyclic) bond motifs is 2. The summed E-state index contributed by atoms with van der Waals surface area (Å²) >= 11 is 0. The molecule has 0 spiro atoms. The maximum absolute atomic E-state index is 13.5. The standard InChI is InChI=1S/C21H22FN3O3/c1-12-3-4-15(8-18(12)13-7-14(22)11-23-10-13)24-21(27)25-16-5-6-17(19(25)9-16)20(26)28-2/h3-4,7-8,10-11,16-17,19H,5-6,9H2,1-2H3,(H,24,27)/t16-,17-,19-/m0/s1. The average molecular weight is 383 g/mol. The van der Waals surface area contributed by atoms with E-state index in [1.807, 2.05) is 25.1 Å². The number of halogens is 1. The summed E-state index contributed by atoms with van der Waals surface area (Å²) in [7, 11) is 1.38. The number of nitrogens with zero attached hydrogens (tertiary/aromatic N) is 2. The lowest BCUT2D eigenvalue weighted by Gasteiger charge is -2.55. The van der Waals surface area contributed by atoms with E-state index < -0.39 is 5.82 Å². The SMILES string of the molecule is COC(=O)[C@H]1CC[C@H]2C[C@@H]1N2C(=O)Nc1ccc(C)c(-c2cncc(F)c2)c1. The molecule has 2 amide bonds. The summed E-state index contributed by atoms with van der Waals surface area (Å²) in [6, 6.07) is 6.77. The molecular formula is C21H22FN3O3. The topological polar surface area (TPSA) is 71.5 Å². The Morgan fingerprint density at radius 3 is 2.79 bits per heavy atom. The molecule has 28 heavy (non-hydrogen) atoms. The Kier molecular flexibility index (Phi) is 4.75. The molecule has 2 bridgehead atoms. The fourth-order valence-electron chi connectivity index (χ4n) is 4.32. The smallest absolute Gasteiger partial charge is 0.322 e. The molecule has 0 radical (unpaired) electrons. The summed E-state index contributed by atoms with van der Waals surface area (Å²) < 4.78 is 18.4. The number of aryl methyl sites for hydroxylation is 1. The van der Waals surface area contributed by atoms with Crippen molar-refractivity contribution in [3.05, 3.63) is 48.0 Å². The second kappa shape index (κ2) is 7.22. The fraction of sp³-hybridized carbons (Fsp3) is 0.381. The molecule has 1 aliphatic carbocycles. The first-order valence-electron chi connectivity index (χ1n) is 9.36. The highest BCUT2D eigenvalue weighted by molar-refractivity contribution is 5.92. The molecule has 6 nitrogen and oxygen atoms in total. The van der Waals surface area contributed by atoms with E-state index in [-0.39, 0.29) is 30.0 Å². The van der Waals surface area contributed by atoms with Gasteiger partial charge in [0.25, 0.3) is 0 Å². The van der Waals surface area contributed by atoms with Crippen molar-refractivity contribution in [3.8, 4) is 11.1 Å². The Labute approximate surface area is 162 Å². The maximum atomic E-state index is 13.5. The second-order valence-corrected chi connectivity index (χ2v) is 7.42. The maximum Gasteiger partial charge on any atom is 0.322 e. The zero-order chi connectivity index (χ0) is 19.8. The van der Waals surface area contributed by atoms with Gasteiger partial charge in [0, 0.05) is 29.5 Å². The molecule has 1 aromatic carbocycles. The van der Waals surface area contributed by atoms with E-state index in [9.17, 15) is 14.0 Å². The highest BCUT2D eigenvalue weighted by Gasteiger charge is 2.52. The number of nitrogens with one attached hydrogen (secondary N) is 1. The number of pyridine rings is 1. The largest absolute Gasteiger partial charge is 0.469 e. The molecule has 0 unspecified atom stereocenters. The Balaban J connectivity index is 1.53. The molecule has 3 atom stereocenters. The van der Waals surface area contributed by atoms with E-state index in [4.69, 9.17) is 4.74 Å². The lowest BCUT2D eigenvalue weighted by atomic mass is 9.72. The molecule has 1 saturated carbocycles. The first-order valence-corrected chi connectivity index (χ1v) is 9.36. The zero-order valence-electron chi connectivity index (χ0n) is 15.8. The number of anilines is 1. The summed E-state index contributed by atoms with van der Waals surface area (Å²) in [5, 5.41) is 2.92. The number of rotatable bonds is 3. The van der Waals surface area contributed by atoms with Crippen LogP contribution in [0.25, 0.3) is 11.1 Å². The van der Waals surface area contributed by atoms with Crippen LogP contribution in [0, 0.1) is 18.7 Å². The van der Waals surface area contributed by atoms with Gasteiger partial charge in [-0.1, -0.05) is 6.07 Å². The van der Waals surface area contributed by atoms with Crippen LogP contribution in [0.15, 0.2) is 36.7 Å². The number of carbonyl (C=O) groups excluding carboxylic acids is 2. The first kappa shape index (κ1) is 18.4. The van der Waals surface area contributed by atoms with E-state index >= 15 is 0 Å². The van der Waals surface area contributed by atoms with Gasteiger partial charge in [0.2, 0.25) is 0 Å². The van der Waals surface area contributed by atoms with Gasteiger partial charge in [0.1, 0.15) is 5.82 Å². The zero-order valence-corrected chi connectivity index (χ0v) is 15.8. The van der Waals surface area contributed by atoms with E-state index in [1.54, 1.807) is 11.1 Å². The first-order chi connectivity index (χ1) is 13.5. The highest BCUT2D eigenvalue weighted by Crippen LogP contribution is 2.42. The minimum absolute atomic E-state index is 0.108. The normalized spacial score (nSPS) is 23.0. The Morgan fingerprint density at radius 1 is 1.25 bits per heavy atom. The van der Waals surface area contributed by atoms with Gasteiger partial charge in [0.15, 0.2) is 0 Å². The monoisotopic (exact) mass is 383 g/mol. The number of aromatic nitrogens is 1. The third-order valence-electron chi connectivity index (χ3n) is 5.78. The number of carbonyl (C=O) groups is 2. The Hall–Kier alpha value is -2.96. The highest BCUT2D eigenvalue weighted by atomic mass is 19.1. The quantitative estimate of drug-likeness (QED) is 0.820. The number of hydrogen-bond donors (Lipinski definition) is 1. The van der Waals surface area contributed by atoms with Gasteiger partial charge in [0.05, 0.1) is 19.2 Å². The molecule has 2 aliphatic heterocycles. The number of methoxy groups -OCH3 is 1. The van der Waals surface area contributed by atoms with Crippen LogP contribution in [0.2, 0.25) is 0 Å². The summed E-state index contributed by atoms with van der Waals surface area (Å²) in [5.74, 6) is -0.918. The van der Waals surface area contributed by atoms with Gasteiger partial charge in [-0.05, 0) is 55.5 Å². The lowest BCUT2D eigenvalue weighted by Crippen LogP contribution is -2.66. The second-order valence-electron chi connectivity index (χ2n) is 7.42. The summed E-state index contributed by atoms with van der Waals surface area (Å²) in [6.07, 6.45) is 5.15. The van der Waals surface area contributed by atoms with Crippen molar-refractivity contribution in [3.63, 3.8) is 0 Å². The molecule has 3 heterocycles. The average Bonchev–Trinajstić information content (AvgIpc) is 2.68. The van der Waals surface area contributed by atoms with Crippen molar-refractivity contribution >= 4 is 17.7 Å². The van der Waals surface area contributed by atoms with Crippen LogP contribution >= 0.6 is 0 Å². The molecule has 2 saturated heterocycles. The van der Waals surface area contributed by atoms with Gasteiger partial charge in [-0.2, -0.15) is 0 Å². The number of ether oxygens (including phenoxy) is 1. The molecule has 1 N–H and O–H groups in total. The number of hydrogen-bond acceptors (Lipinski definition) is 4. The van der Waals surface area contributed by atoms with Crippen LogP contribution in [-0.4, -0.2) is 41.1 Å². The third-order valence-corrected chi connectivity index (χ3v) is 5.78. The number of urea groups is 1. The minimum Gasteiger partial charge on any atom is -0.469 e. The fourth-order valence-corrected chi connectivity index (χ4v) is 4.32. The predicted octanol–water partition coefficient (Wildman–Crippen LogP) is 3.75. The van der Waals surface area contributed by atoms with Crippen LogP contribution in [0.3, 0.4) is 0 Å². The molecule has 3 fully saturated rings. The Bertz CT molecular complexity index is 931. The number of amides is 2. The predicted molar refractivity (Wildman–Crippen MR) is 102 cm³/mol. The molecule has 7 heteroatoms. The van der Waals surface area contributed by atoms with Gasteiger partial charge >= 0.3 is 12.0 Å². The van der Waals surface area contributed by atoms with Gasteiger partial charge in [-0.25, -0.2) is 9.18 Å². The molecule has 1 aromatic heterocycles. The van der Waals surface area contributed by atoms with Crippen LogP contribution in [0.5, 0.6) is 0 Å². The van der Waals surface area contributed by atoms with Crippen LogP contribution in [0.1, 0.15) is 24.8 Å².